The summed E-state index contributed by atoms with van der Waals surface area (Å²) in [4.78, 5) is 22.2. The predicted octanol–water partition coefficient (Wildman–Crippen LogP) is 3.06. The highest BCUT2D eigenvalue weighted by Gasteiger charge is 2.09. The molecule has 0 aliphatic rings. The van der Waals surface area contributed by atoms with E-state index in [4.69, 9.17) is 16.3 Å². The molecule has 0 aliphatic heterocycles. The Hall–Kier alpha value is -3.46. The number of benzene rings is 2. The van der Waals surface area contributed by atoms with Gasteiger partial charge in [0, 0.05) is 22.8 Å². The van der Waals surface area contributed by atoms with Crippen molar-refractivity contribution in [3.05, 3.63) is 75.6 Å². The first-order chi connectivity index (χ1) is 13.0. The number of nitrogens with zero attached hydrogens (tertiary/aromatic N) is 4. The summed E-state index contributed by atoms with van der Waals surface area (Å²) in [6.45, 7) is 0.102. The quantitative estimate of drug-likeness (QED) is 0.492. The van der Waals surface area contributed by atoms with Crippen LogP contribution in [0.25, 0.3) is 0 Å². The molecule has 0 aliphatic carbocycles. The molecule has 0 radical (unpaired) electrons. The maximum atomic E-state index is 12.0. The highest BCUT2D eigenvalue weighted by molar-refractivity contribution is 6.30. The Morgan fingerprint density at radius 3 is 2.74 bits per heavy atom. The van der Waals surface area contributed by atoms with Crippen LogP contribution in [0.4, 0.5) is 11.4 Å². The van der Waals surface area contributed by atoms with Crippen molar-refractivity contribution in [1.29, 1.82) is 0 Å². The number of amides is 1. The van der Waals surface area contributed by atoms with Gasteiger partial charge in [-0.25, -0.2) is 4.68 Å². The van der Waals surface area contributed by atoms with Crippen LogP contribution in [-0.2, 0) is 17.9 Å². The normalized spacial score (nSPS) is 10.4. The highest BCUT2D eigenvalue weighted by atomic mass is 35.5. The van der Waals surface area contributed by atoms with Gasteiger partial charge in [0.2, 0.25) is 5.91 Å². The lowest BCUT2D eigenvalue weighted by molar-refractivity contribution is -0.384. The van der Waals surface area contributed by atoms with Gasteiger partial charge in [-0.2, -0.15) is 0 Å². The van der Waals surface area contributed by atoms with Crippen molar-refractivity contribution in [2.75, 3.05) is 5.32 Å². The maximum absolute atomic E-state index is 12.0. The molecule has 1 N–H and O–H groups in total. The second kappa shape index (κ2) is 8.28. The second-order valence-corrected chi connectivity index (χ2v) is 5.94. The monoisotopic (exact) mass is 387 g/mol. The van der Waals surface area contributed by atoms with Gasteiger partial charge >= 0.3 is 0 Å². The zero-order valence-corrected chi connectivity index (χ0v) is 14.7. The molecule has 1 amide bonds. The Labute approximate surface area is 158 Å². The molecule has 0 bridgehead atoms. The highest BCUT2D eigenvalue weighted by Crippen LogP contribution is 2.18. The van der Waals surface area contributed by atoms with Crippen molar-refractivity contribution in [3.63, 3.8) is 0 Å². The van der Waals surface area contributed by atoms with Crippen LogP contribution in [-0.4, -0.2) is 25.8 Å². The summed E-state index contributed by atoms with van der Waals surface area (Å²) >= 11 is 5.88. The Morgan fingerprint density at radius 2 is 2.04 bits per heavy atom. The molecule has 0 saturated carbocycles. The maximum Gasteiger partial charge on any atom is 0.269 e. The second-order valence-electron chi connectivity index (χ2n) is 5.51. The van der Waals surface area contributed by atoms with E-state index in [1.54, 1.807) is 30.5 Å². The van der Waals surface area contributed by atoms with Crippen LogP contribution in [0.15, 0.2) is 54.7 Å². The summed E-state index contributed by atoms with van der Waals surface area (Å²) in [5, 5.41) is 21.7. The fourth-order valence-corrected chi connectivity index (χ4v) is 2.41. The van der Waals surface area contributed by atoms with E-state index in [0.717, 1.165) is 0 Å². The van der Waals surface area contributed by atoms with Crippen LogP contribution in [0.5, 0.6) is 5.75 Å². The molecule has 2 aromatic carbocycles. The summed E-state index contributed by atoms with van der Waals surface area (Å²) in [6, 6.07) is 12.5. The lowest BCUT2D eigenvalue weighted by atomic mass is 10.3. The van der Waals surface area contributed by atoms with E-state index in [9.17, 15) is 14.9 Å². The summed E-state index contributed by atoms with van der Waals surface area (Å²) in [5.74, 6) is 0.193. The molecule has 3 rings (SSSR count). The number of aromatic nitrogens is 3. The lowest BCUT2D eigenvalue weighted by Gasteiger charge is -2.05. The van der Waals surface area contributed by atoms with E-state index in [2.05, 4.69) is 15.6 Å². The molecule has 27 heavy (non-hydrogen) atoms. The summed E-state index contributed by atoms with van der Waals surface area (Å²) < 4.78 is 6.88. The number of halogens is 1. The number of non-ortho nitro benzene ring substituents is 1. The molecule has 0 saturated heterocycles. The number of nitro benzene ring substituents is 1. The van der Waals surface area contributed by atoms with Gasteiger partial charge in [-0.05, 0) is 30.3 Å². The average Bonchev–Trinajstić information content (AvgIpc) is 3.07. The first-order valence-corrected chi connectivity index (χ1v) is 8.19. The molecule has 0 unspecified atom stereocenters. The van der Waals surface area contributed by atoms with Gasteiger partial charge in [0.05, 0.1) is 11.1 Å². The van der Waals surface area contributed by atoms with E-state index in [1.165, 1.54) is 28.9 Å². The molecule has 1 aromatic heterocycles. The van der Waals surface area contributed by atoms with E-state index < -0.39 is 4.92 Å². The number of carbonyl (C=O) groups excluding carboxylic acids is 1. The molecule has 1 heterocycles. The van der Waals surface area contributed by atoms with Crippen LogP contribution in [0, 0.1) is 10.1 Å². The molecule has 3 aromatic rings. The number of nitrogens with one attached hydrogen (secondary N) is 1. The van der Waals surface area contributed by atoms with Crippen LogP contribution < -0.4 is 10.1 Å². The smallest absolute Gasteiger partial charge is 0.269 e. The minimum absolute atomic E-state index is 0.0148. The zero-order valence-electron chi connectivity index (χ0n) is 13.9. The van der Waals surface area contributed by atoms with Crippen molar-refractivity contribution in [2.45, 2.75) is 13.2 Å². The van der Waals surface area contributed by atoms with E-state index in [-0.39, 0.29) is 24.7 Å². The van der Waals surface area contributed by atoms with Gasteiger partial charge < -0.3 is 10.1 Å². The number of anilines is 1. The molecule has 0 fully saturated rings. The largest absolute Gasteiger partial charge is 0.487 e. The number of hydrogen-bond donors (Lipinski definition) is 1. The van der Waals surface area contributed by atoms with Crippen LogP contribution in [0.3, 0.4) is 0 Å². The average molecular weight is 388 g/mol. The SMILES string of the molecule is O=C(Cn1cc(COc2ccc([N+](=O)[O-])cc2)nn1)Nc1cccc(Cl)c1. The molecule has 138 valence electrons. The van der Waals surface area contributed by atoms with Crippen LogP contribution >= 0.6 is 11.6 Å². The van der Waals surface area contributed by atoms with E-state index in [0.29, 0.717) is 22.2 Å². The molecule has 0 atom stereocenters. The van der Waals surface area contributed by atoms with E-state index >= 15 is 0 Å². The minimum Gasteiger partial charge on any atom is -0.487 e. The number of ether oxygens (including phenoxy) is 1. The third-order valence-corrected chi connectivity index (χ3v) is 3.67. The van der Waals surface area contributed by atoms with E-state index in [1.807, 2.05) is 0 Å². The van der Waals surface area contributed by atoms with Crippen molar-refractivity contribution in [2.24, 2.45) is 0 Å². The molecule has 10 heteroatoms. The number of nitro groups is 1. The van der Waals surface area contributed by atoms with Gasteiger partial charge in [0.1, 0.15) is 24.6 Å². The fourth-order valence-electron chi connectivity index (χ4n) is 2.22. The van der Waals surface area contributed by atoms with Gasteiger partial charge in [0.25, 0.3) is 5.69 Å². The molecule has 0 spiro atoms. The van der Waals surface area contributed by atoms with Gasteiger partial charge in [-0.3, -0.25) is 14.9 Å². The first kappa shape index (κ1) is 18.3. The van der Waals surface area contributed by atoms with Crippen molar-refractivity contribution >= 4 is 28.9 Å². The predicted molar refractivity (Wildman–Crippen MR) is 97.5 cm³/mol. The van der Waals surface area contributed by atoms with Crippen molar-refractivity contribution in [3.8, 4) is 5.75 Å². The third-order valence-electron chi connectivity index (χ3n) is 3.43. The van der Waals surface area contributed by atoms with Gasteiger partial charge in [-0.1, -0.05) is 22.9 Å². The zero-order chi connectivity index (χ0) is 19.2. The van der Waals surface area contributed by atoms with Gasteiger partial charge in [-0.15, -0.1) is 5.10 Å². The van der Waals surface area contributed by atoms with Crippen LogP contribution in [0.1, 0.15) is 5.69 Å². The molecular formula is C17H14ClN5O4. The summed E-state index contributed by atoms with van der Waals surface area (Å²) in [7, 11) is 0. The number of rotatable bonds is 7. The van der Waals surface area contributed by atoms with Crippen molar-refractivity contribution < 1.29 is 14.5 Å². The standard InChI is InChI=1S/C17H14ClN5O4/c18-12-2-1-3-13(8-12)19-17(24)10-22-9-14(20-21-22)11-27-16-6-4-15(5-7-16)23(25)26/h1-9H,10-11H2,(H,19,24). The van der Waals surface area contributed by atoms with Gasteiger partial charge in [0.15, 0.2) is 0 Å². The van der Waals surface area contributed by atoms with Crippen molar-refractivity contribution in [1.82, 2.24) is 15.0 Å². The number of hydrogen-bond acceptors (Lipinski definition) is 6. The first-order valence-electron chi connectivity index (χ1n) is 7.81. The molecule has 9 nitrogen and oxygen atoms in total. The third kappa shape index (κ3) is 5.25. The Balaban J connectivity index is 1.52. The minimum atomic E-state index is -0.482. The Kier molecular flexibility index (Phi) is 5.62. The topological polar surface area (TPSA) is 112 Å². The van der Waals surface area contributed by atoms with Crippen LogP contribution in [0.2, 0.25) is 5.02 Å². The summed E-state index contributed by atoms with van der Waals surface area (Å²) in [6.07, 6.45) is 1.59. The lowest BCUT2D eigenvalue weighted by Crippen LogP contribution is -2.19. The summed E-state index contributed by atoms with van der Waals surface area (Å²) in [5.41, 5.74) is 1.09. The molecular weight excluding hydrogens is 374 g/mol. The Morgan fingerprint density at radius 1 is 1.26 bits per heavy atom. The number of carbonyl (C=O) groups is 1. The Bertz CT molecular complexity index is 958. The fraction of sp³-hybridized carbons (Fsp3) is 0.118.